The quantitative estimate of drug-likeness (QED) is 0.0808. The molecule has 0 radical (unpaired) electrons. The highest BCUT2D eigenvalue weighted by atomic mass is 16.5. The topological polar surface area (TPSA) is 106 Å². The number of carbonyl (C=O) groups excluding carboxylic acids is 1. The average molecular weight is 826 g/mol. The summed E-state index contributed by atoms with van der Waals surface area (Å²) in [7, 11) is 0. The molecule has 2 aromatic carbocycles. The van der Waals surface area contributed by atoms with Crippen molar-refractivity contribution in [2.75, 3.05) is 31.1 Å². The van der Waals surface area contributed by atoms with Crippen molar-refractivity contribution in [1.29, 1.82) is 0 Å². The van der Waals surface area contributed by atoms with Gasteiger partial charge in [0.2, 0.25) is 5.82 Å². The van der Waals surface area contributed by atoms with Gasteiger partial charge in [-0.2, -0.15) is 5.10 Å². The maximum Gasteiger partial charge on any atom is 0.261 e. The molecule has 1 aliphatic rings. The molecule has 0 saturated carbocycles. The van der Waals surface area contributed by atoms with Gasteiger partial charge in [0.15, 0.2) is 11.9 Å². The Hall–Kier alpha value is -4.21. The summed E-state index contributed by atoms with van der Waals surface area (Å²) in [5, 5.41) is 12.7. The van der Waals surface area contributed by atoms with Gasteiger partial charge in [-0.1, -0.05) is 120 Å². The fourth-order valence-corrected chi connectivity index (χ4v) is 7.54. The van der Waals surface area contributed by atoms with Crippen molar-refractivity contribution in [1.82, 2.24) is 20.2 Å². The second kappa shape index (κ2) is 22.6. The number of unbranched alkanes of at least 4 members (excludes halogenated alkanes) is 4. The number of carbonyl (C=O) groups is 1. The maximum absolute atomic E-state index is 14.1. The van der Waals surface area contributed by atoms with E-state index in [-0.39, 0.29) is 22.7 Å². The van der Waals surface area contributed by atoms with E-state index in [1.807, 2.05) is 19.9 Å². The maximum atomic E-state index is 14.1. The Bertz CT molecular complexity index is 1890. The number of aliphatic imine (C=N–C) groups is 1. The summed E-state index contributed by atoms with van der Waals surface area (Å²) in [6, 6.07) is 12.9. The molecule has 1 N–H and O–H groups in total. The minimum Gasteiger partial charge on any atom is -0.491 e. The molecule has 0 aliphatic carbocycles. The summed E-state index contributed by atoms with van der Waals surface area (Å²) >= 11 is 0. The third-order valence-electron chi connectivity index (χ3n) is 12.9. The molecule has 3 unspecified atom stereocenters. The number of hydrogen-bond donors (Lipinski definition) is 1. The zero-order valence-electron chi connectivity index (χ0n) is 39.7. The number of hydrogen-bond acceptors (Lipinski definition) is 8. The largest absolute Gasteiger partial charge is 0.491 e. The van der Waals surface area contributed by atoms with Crippen LogP contribution in [0.25, 0.3) is 0 Å². The molecule has 60 heavy (non-hydrogen) atoms. The van der Waals surface area contributed by atoms with Crippen molar-refractivity contribution in [2.24, 2.45) is 16.0 Å². The SMILES string of the molecule is CCCCCCC(Oc1ccc(C(C)(C)CC)cc1C(C)(C)CC)C(=O)NCC(C)c1nc2n(n1)N=C(C)/C2=N/c1ccc(N(CC)CC)cc1OCC(CC)CCCC. The number of benzene rings is 2. The number of nitrogens with one attached hydrogen (secondary N) is 1. The number of rotatable bonds is 26. The van der Waals surface area contributed by atoms with Crippen LogP contribution in [-0.2, 0) is 15.6 Å². The van der Waals surface area contributed by atoms with Gasteiger partial charge in [-0.15, -0.1) is 9.89 Å². The molecule has 1 aliphatic heterocycles. The van der Waals surface area contributed by atoms with Gasteiger partial charge in [0.05, 0.1) is 12.3 Å². The fraction of sp³-hybridized carbons (Fsp3) is 0.660. The molecule has 3 atom stereocenters. The van der Waals surface area contributed by atoms with E-state index in [1.54, 1.807) is 4.79 Å². The first-order valence-corrected chi connectivity index (χ1v) is 23.4. The van der Waals surface area contributed by atoms with Gasteiger partial charge in [0.25, 0.3) is 5.91 Å². The van der Waals surface area contributed by atoms with E-state index < -0.39 is 6.10 Å². The lowest BCUT2D eigenvalue weighted by Crippen LogP contribution is -2.40. The van der Waals surface area contributed by atoms with Gasteiger partial charge in [-0.3, -0.25) is 4.79 Å². The van der Waals surface area contributed by atoms with Crippen LogP contribution < -0.4 is 19.7 Å². The van der Waals surface area contributed by atoms with E-state index >= 15 is 0 Å². The second-order valence-electron chi connectivity index (χ2n) is 18.2. The third kappa shape index (κ3) is 12.4. The number of ether oxygens (including phenoxy) is 2. The highest BCUT2D eigenvalue weighted by molar-refractivity contribution is 6.48. The molecule has 0 saturated heterocycles. The number of aromatic nitrogens is 3. The average Bonchev–Trinajstić information content (AvgIpc) is 3.79. The lowest BCUT2D eigenvalue weighted by molar-refractivity contribution is -0.128. The van der Waals surface area contributed by atoms with E-state index in [4.69, 9.17) is 29.7 Å². The van der Waals surface area contributed by atoms with E-state index in [1.165, 1.54) is 18.4 Å². The van der Waals surface area contributed by atoms with Crippen LogP contribution in [0.15, 0.2) is 46.5 Å². The van der Waals surface area contributed by atoms with Crippen LogP contribution in [0, 0.1) is 5.92 Å². The van der Waals surface area contributed by atoms with Gasteiger partial charge < -0.3 is 19.7 Å². The third-order valence-corrected chi connectivity index (χ3v) is 12.9. The molecular weight excluding hydrogens is 747 g/mol. The molecule has 0 fully saturated rings. The molecule has 10 heteroatoms. The van der Waals surface area contributed by atoms with Gasteiger partial charge in [0.1, 0.15) is 22.9 Å². The fourth-order valence-electron chi connectivity index (χ4n) is 7.54. The Kier molecular flexibility index (Phi) is 18.2. The number of anilines is 1. The number of amides is 1. The number of fused-ring (bicyclic) bond motifs is 1. The van der Waals surface area contributed by atoms with Gasteiger partial charge in [-0.05, 0) is 93.4 Å². The minimum absolute atomic E-state index is 0.0439. The van der Waals surface area contributed by atoms with E-state index in [0.29, 0.717) is 42.9 Å². The molecule has 0 bridgehead atoms. The Labute approximate surface area is 363 Å². The van der Waals surface area contributed by atoms with Crippen LogP contribution in [0.3, 0.4) is 0 Å². The molecule has 10 nitrogen and oxygen atoms in total. The second-order valence-corrected chi connectivity index (χ2v) is 18.2. The predicted octanol–water partition coefficient (Wildman–Crippen LogP) is 12.1. The molecule has 3 aromatic rings. The van der Waals surface area contributed by atoms with Gasteiger partial charge in [-0.25, -0.2) is 9.98 Å². The van der Waals surface area contributed by atoms with Crippen LogP contribution >= 0.6 is 0 Å². The van der Waals surface area contributed by atoms with Crippen molar-refractivity contribution in [2.45, 2.75) is 183 Å². The molecule has 2 heterocycles. The minimum atomic E-state index is -0.611. The molecular formula is C50H79N7O3. The standard InChI is InChI=1S/C50H79N7O3/c1-14-21-23-24-26-43(60-42-30-27-38(49(10,11)17-4)31-40(42)50(12,13)18-5)48(58)51-33-35(8)46-53-47-45(36(9)54-57(47)55-46)52-41-29-28-39(56(19-6)20-7)32-44(41)59-34-37(16-3)25-22-15-2/h27-32,35,37,43H,14-26,33-34H2,1-13H3,(H,51,58)/b52-45-. The molecule has 1 aromatic heterocycles. The van der Waals surface area contributed by atoms with Crippen molar-refractivity contribution in [3.8, 4) is 11.5 Å². The summed E-state index contributed by atoms with van der Waals surface area (Å²) in [6.07, 6.45) is 10.9. The Morgan fingerprint density at radius 1 is 0.867 bits per heavy atom. The highest BCUT2D eigenvalue weighted by Crippen LogP contribution is 2.39. The van der Waals surface area contributed by atoms with Crippen molar-refractivity contribution >= 4 is 28.7 Å². The predicted molar refractivity (Wildman–Crippen MR) is 251 cm³/mol. The monoisotopic (exact) mass is 826 g/mol. The van der Waals surface area contributed by atoms with Crippen LogP contribution in [0.4, 0.5) is 11.4 Å². The molecule has 0 spiro atoms. The van der Waals surface area contributed by atoms with Crippen molar-refractivity contribution in [3.63, 3.8) is 0 Å². The van der Waals surface area contributed by atoms with Crippen LogP contribution in [0.2, 0.25) is 0 Å². The lowest BCUT2D eigenvalue weighted by atomic mass is 9.76. The first-order valence-electron chi connectivity index (χ1n) is 23.4. The van der Waals surface area contributed by atoms with Crippen molar-refractivity contribution < 1.29 is 14.3 Å². The summed E-state index contributed by atoms with van der Waals surface area (Å²) in [5.41, 5.74) is 5.66. The van der Waals surface area contributed by atoms with Gasteiger partial charge >= 0.3 is 0 Å². The Morgan fingerprint density at radius 3 is 2.23 bits per heavy atom. The normalized spacial score (nSPS) is 15.1. The summed E-state index contributed by atoms with van der Waals surface area (Å²) in [5.74, 6) is 2.96. The zero-order chi connectivity index (χ0) is 44.0. The summed E-state index contributed by atoms with van der Waals surface area (Å²) in [4.78, 5) is 28.0. The van der Waals surface area contributed by atoms with E-state index in [2.05, 4.69) is 117 Å². The van der Waals surface area contributed by atoms with E-state index in [0.717, 1.165) is 98.6 Å². The highest BCUT2D eigenvalue weighted by Gasteiger charge is 2.31. The Balaban J connectivity index is 1.56. The first kappa shape index (κ1) is 48.5. The summed E-state index contributed by atoms with van der Waals surface area (Å²) in [6.45, 7) is 31.4. The van der Waals surface area contributed by atoms with Crippen LogP contribution in [-0.4, -0.2) is 64.5 Å². The van der Waals surface area contributed by atoms with E-state index in [9.17, 15) is 4.79 Å². The molecule has 4 rings (SSSR count). The number of nitrogens with zero attached hydrogens (tertiary/aromatic N) is 6. The summed E-state index contributed by atoms with van der Waals surface area (Å²) < 4.78 is 13.3. The van der Waals surface area contributed by atoms with Crippen LogP contribution in [0.1, 0.15) is 189 Å². The molecule has 332 valence electrons. The van der Waals surface area contributed by atoms with Gasteiger partial charge in [0, 0.05) is 42.9 Å². The van der Waals surface area contributed by atoms with Crippen LogP contribution in [0.5, 0.6) is 11.5 Å². The zero-order valence-corrected chi connectivity index (χ0v) is 39.7. The van der Waals surface area contributed by atoms with Crippen molar-refractivity contribution in [3.05, 3.63) is 59.2 Å². The molecule has 1 amide bonds. The Morgan fingerprint density at radius 2 is 1.58 bits per heavy atom. The smallest absolute Gasteiger partial charge is 0.261 e. The first-order chi connectivity index (χ1) is 28.7. The lowest BCUT2D eigenvalue weighted by Gasteiger charge is -2.31.